The Morgan fingerprint density at radius 3 is 2.15 bits per heavy atom. The van der Waals surface area contributed by atoms with Crippen molar-refractivity contribution in [3.05, 3.63) is 22.8 Å². The number of hydrogen-bond acceptors (Lipinski definition) is 1. The molecule has 0 amide bonds. The standard InChI is InChI=1S/C12H19N/c1-6-11(9(2)3)7-12(8-13)10(4)5/h7,9H,6H2,1-5H3/b11-7+. The SMILES string of the molecule is CC/C(=C\C(C#N)=C(C)C)C(C)C. The van der Waals surface area contributed by atoms with Crippen LogP contribution in [0.5, 0.6) is 0 Å². The van der Waals surface area contributed by atoms with Crippen LogP contribution in [0.3, 0.4) is 0 Å². The monoisotopic (exact) mass is 177 g/mol. The molecule has 0 rings (SSSR count). The van der Waals surface area contributed by atoms with Crippen molar-refractivity contribution in [2.75, 3.05) is 0 Å². The van der Waals surface area contributed by atoms with Crippen molar-refractivity contribution >= 4 is 0 Å². The van der Waals surface area contributed by atoms with E-state index in [1.54, 1.807) is 0 Å². The third-order valence-corrected chi connectivity index (χ3v) is 2.14. The van der Waals surface area contributed by atoms with Crippen LogP contribution in [0.25, 0.3) is 0 Å². The number of nitrogens with zero attached hydrogens (tertiary/aromatic N) is 1. The second kappa shape index (κ2) is 5.59. The zero-order valence-electron chi connectivity index (χ0n) is 9.31. The predicted octanol–water partition coefficient (Wildman–Crippen LogP) is 3.84. The van der Waals surface area contributed by atoms with Gasteiger partial charge < -0.3 is 0 Å². The lowest BCUT2D eigenvalue weighted by Gasteiger charge is -2.08. The summed E-state index contributed by atoms with van der Waals surface area (Å²) in [6, 6.07) is 2.22. The molecule has 0 N–H and O–H groups in total. The Balaban J connectivity index is 4.91. The maximum Gasteiger partial charge on any atom is 0.0990 e. The molecule has 0 spiro atoms. The van der Waals surface area contributed by atoms with Crippen LogP contribution in [0.4, 0.5) is 0 Å². The highest BCUT2D eigenvalue weighted by atomic mass is 14.2. The summed E-state index contributed by atoms with van der Waals surface area (Å²) in [5.74, 6) is 0.535. The van der Waals surface area contributed by atoms with Crippen LogP contribution in [0, 0.1) is 17.2 Å². The number of allylic oxidation sites excluding steroid dienone is 4. The smallest absolute Gasteiger partial charge is 0.0990 e. The first-order chi connectivity index (χ1) is 6.02. The van der Waals surface area contributed by atoms with Gasteiger partial charge in [-0.3, -0.25) is 0 Å². The minimum absolute atomic E-state index is 0.535. The van der Waals surface area contributed by atoms with Crippen LogP contribution in [0.1, 0.15) is 41.0 Å². The van der Waals surface area contributed by atoms with Gasteiger partial charge in [-0.1, -0.05) is 31.9 Å². The average Bonchev–Trinajstić information content (AvgIpc) is 2.05. The Labute approximate surface area is 81.8 Å². The average molecular weight is 177 g/mol. The molecule has 0 atom stereocenters. The molecular formula is C12H19N. The van der Waals surface area contributed by atoms with E-state index < -0.39 is 0 Å². The molecule has 0 bridgehead atoms. The third kappa shape index (κ3) is 3.94. The van der Waals surface area contributed by atoms with Crippen LogP contribution in [-0.4, -0.2) is 0 Å². The van der Waals surface area contributed by atoms with E-state index in [1.807, 2.05) is 19.9 Å². The summed E-state index contributed by atoms with van der Waals surface area (Å²) in [7, 11) is 0. The van der Waals surface area contributed by atoms with Gasteiger partial charge in [-0.2, -0.15) is 5.26 Å². The van der Waals surface area contributed by atoms with Crippen LogP contribution in [0.2, 0.25) is 0 Å². The molecule has 1 heteroatoms. The highest BCUT2D eigenvalue weighted by Crippen LogP contribution is 2.17. The predicted molar refractivity (Wildman–Crippen MR) is 57.2 cm³/mol. The topological polar surface area (TPSA) is 23.8 Å². The van der Waals surface area contributed by atoms with Gasteiger partial charge >= 0.3 is 0 Å². The normalized spacial score (nSPS) is 11.3. The van der Waals surface area contributed by atoms with E-state index in [1.165, 1.54) is 5.57 Å². The Hall–Kier alpha value is -1.03. The van der Waals surface area contributed by atoms with Crippen molar-refractivity contribution in [3.8, 4) is 6.07 Å². The van der Waals surface area contributed by atoms with E-state index in [0.29, 0.717) is 5.92 Å². The highest BCUT2D eigenvalue weighted by molar-refractivity contribution is 5.38. The van der Waals surface area contributed by atoms with Crippen LogP contribution in [0.15, 0.2) is 22.8 Å². The molecule has 0 radical (unpaired) electrons. The van der Waals surface area contributed by atoms with Crippen molar-refractivity contribution in [1.29, 1.82) is 5.26 Å². The van der Waals surface area contributed by atoms with Gasteiger partial charge in [-0.05, 0) is 32.3 Å². The lowest BCUT2D eigenvalue weighted by molar-refractivity contribution is 0.731. The van der Waals surface area contributed by atoms with Gasteiger partial charge in [-0.15, -0.1) is 0 Å². The molecule has 0 saturated carbocycles. The second-order valence-electron chi connectivity index (χ2n) is 3.75. The fraction of sp³-hybridized carbons (Fsp3) is 0.583. The Kier molecular flexibility index (Phi) is 5.14. The Morgan fingerprint density at radius 2 is 1.92 bits per heavy atom. The van der Waals surface area contributed by atoms with E-state index in [4.69, 9.17) is 5.26 Å². The molecule has 0 aliphatic rings. The summed E-state index contributed by atoms with van der Waals surface area (Å²) in [5, 5.41) is 8.87. The first kappa shape index (κ1) is 12.0. The maximum atomic E-state index is 8.87. The van der Waals surface area contributed by atoms with Crippen molar-refractivity contribution in [2.24, 2.45) is 5.92 Å². The molecular weight excluding hydrogens is 158 g/mol. The highest BCUT2D eigenvalue weighted by Gasteiger charge is 2.02. The summed E-state index contributed by atoms with van der Waals surface area (Å²) in [6.07, 6.45) is 3.05. The molecule has 72 valence electrons. The minimum atomic E-state index is 0.535. The Morgan fingerprint density at radius 1 is 1.38 bits per heavy atom. The van der Waals surface area contributed by atoms with Gasteiger partial charge in [-0.25, -0.2) is 0 Å². The zero-order chi connectivity index (χ0) is 10.4. The van der Waals surface area contributed by atoms with Gasteiger partial charge in [0.15, 0.2) is 0 Å². The summed E-state index contributed by atoms with van der Waals surface area (Å²) < 4.78 is 0. The van der Waals surface area contributed by atoms with Crippen molar-refractivity contribution in [3.63, 3.8) is 0 Å². The van der Waals surface area contributed by atoms with Gasteiger partial charge in [0.05, 0.1) is 11.6 Å². The van der Waals surface area contributed by atoms with Gasteiger partial charge in [0.2, 0.25) is 0 Å². The molecule has 1 nitrogen and oxygen atoms in total. The zero-order valence-corrected chi connectivity index (χ0v) is 9.31. The molecule has 0 aliphatic heterocycles. The lowest BCUT2D eigenvalue weighted by atomic mass is 9.97. The fourth-order valence-corrected chi connectivity index (χ4v) is 1.15. The molecule has 0 aromatic rings. The first-order valence-electron chi connectivity index (χ1n) is 4.80. The quantitative estimate of drug-likeness (QED) is 0.474. The molecule has 0 unspecified atom stereocenters. The number of nitriles is 1. The van der Waals surface area contributed by atoms with Crippen LogP contribution < -0.4 is 0 Å². The third-order valence-electron chi connectivity index (χ3n) is 2.14. The molecule has 0 aromatic heterocycles. The molecule has 13 heavy (non-hydrogen) atoms. The lowest BCUT2D eigenvalue weighted by Crippen LogP contribution is -1.93. The van der Waals surface area contributed by atoms with Gasteiger partial charge in [0.25, 0.3) is 0 Å². The van der Waals surface area contributed by atoms with Crippen molar-refractivity contribution in [2.45, 2.75) is 41.0 Å². The van der Waals surface area contributed by atoms with Crippen LogP contribution in [-0.2, 0) is 0 Å². The summed E-state index contributed by atoms with van der Waals surface area (Å²) in [4.78, 5) is 0. The first-order valence-corrected chi connectivity index (χ1v) is 4.80. The van der Waals surface area contributed by atoms with E-state index in [0.717, 1.165) is 17.6 Å². The largest absolute Gasteiger partial charge is 0.192 e. The van der Waals surface area contributed by atoms with E-state index >= 15 is 0 Å². The second-order valence-corrected chi connectivity index (χ2v) is 3.75. The molecule has 0 fully saturated rings. The molecule has 0 saturated heterocycles. The molecule has 0 aliphatic carbocycles. The van der Waals surface area contributed by atoms with E-state index in [-0.39, 0.29) is 0 Å². The summed E-state index contributed by atoms with van der Waals surface area (Å²) in [5.41, 5.74) is 3.25. The summed E-state index contributed by atoms with van der Waals surface area (Å²) in [6.45, 7) is 10.4. The summed E-state index contributed by atoms with van der Waals surface area (Å²) >= 11 is 0. The maximum absolute atomic E-state index is 8.87. The number of hydrogen-bond donors (Lipinski definition) is 0. The molecule has 0 heterocycles. The van der Waals surface area contributed by atoms with Crippen molar-refractivity contribution < 1.29 is 0 Å². The van der Waals surface area contributed by atoms with Crippen LogP contribution >= 0.6 is 0 Å². The van der Waals surface area contributed by atoms with E-state index in [2.05, 4.69) is 26.8 Å². The number of rotatable bonds is 3. The fourth-order valence-electron chi connectivity index (χ4n) is 1.15. The van der Waals surface area contributed by atoms with Crippen molar-refractivity contribution in [1.82, 2.24) is 0 Å². The van der Waals surface area contributed by atoms with Gasteiger partial charge in [0.1, 0.15) is 0 Å². The molecule has 0 aromatic carbocycles. The minimum Gasteiger partial charge on any atom is -0.192 e. The van der Waals surface area contributed by atoms with E-state index in [9.17, 15) is 0 Å². The Bertz CT molecular complexity index is 257. The van der Waals surface area contributed by atoms with Gasteiger partial charge in [0, 0.05) is 0 Å².